The molecule has 172 valence electrons. The maximum atomic E-state index is 12.9. The lowest BCUT2D eigenvalue weighted by Gasteiger charge is -2.50. The Morgan fingerprint density at radius 3 is 2.19 bits per heavy atom. The van der Waals surface area contributed by atoms with Gasteiger partial charge in [0.25, 0.3) is 5.91 Å². The number of nitrogens with zero attached hydrogens (tertiary/aromatic N) is 3. The van der Waals surface area contributed by atoms with E-state index in [-0.39, 0.29) is 11.9 Å². The minimum atomic E-state index is 0.0921. The van der Waals surface area contributed by atoms with Crippen molar-refractivity contribution in [3.63, 3.8) is 0 Å². The Labute approximate surface area is 188 Å². The van der Waals surface area contributed by atoms with Gasteiger partial charge in [-0.2, -0.15) is 0 Å². The molecule has 0 radical (unpaired) electrons. The molecule has 3 aliphatic rings. The van der Waals surface area contributed by atoms with Crippen molar-refractivity contribution >= 4 is 11.6 Å². The standard InChI is InChI=1S/C26H41N3O2/c1-21(2)29(19-20-31-3)25(30)22-7-9-24(10-8-22)28-17-13-26(14-18-28)11-15-27(16-12-26)23-5-4-6-23/h7-10,21,23H,4-6,11-20H2,1-3H3. The number of rotatable bonds is 7. The molecule has 1 aromatic rings. The van der Waals surface area contributed by atoms with Crippen LogP contribution < -0.4 is 4.90 Å². The third-order valence-electron chi connectivity index (χ3n) is 8.17. The lowest BCUT2D eigenvalue weighted by molar-refractivity contribution is 0.0306. The molecule has 2 saturated heterocycles. The van der Waals surface area contributed by atoms with Gasteiger partial charge in [0.2, 0.25) is 0 Å². The van der Waals surface area contributed by atoms with E-state index in [2.05, 4.69) is 35.8 Å². The molecular formula is C26H41N3O2. The van der Waals surface area contributed by atoms with E-state index < -0.39 is 0 Å². The predicted octanol–water partition coefficient (Wildman–Crippen LogP) is 4.42. The highest BCUT2D eigenvalue weighted by atomic mass is 16.5. The number of ether oxygens (including phenoxy) is 1. The van der Waals surface area contributed by atoms with Crippen molar-refractivity contribution in [1.29, 1.82) is 0 Å². The molecule has 1 amide bonds. The second-order valence-electron chi connectivity index (χ2n) is 10.2. The van der Waals surface area contributed by atoms with Crippen LogP contribution in [0.15, 0.2) is 24.3 Å². The summed E-state index contributed by atoms with van der Waals surface area (Å²) in [4.78, 5) is 20.1. The van der Waals surface area contributed by atoms with E-state index in [4.69, 9.17) is 4.74 Å². The van der Waals surface area contributed by atoms with Crippen LogP contribution in [0.2, 0.25) is 0 Å². The zero-order valence-electron chi connectivity index (χ0n) is 19.8. The first-order valence-corrected chi connectivity index (χ1v) is 12.4. The molecule has 2 heterocycles. The van der Waals surface area contributed by atoms with Crippen LogP contribution in [-0.2, 0) is 4.74 Å². The molecule has 0 unspecified atom stereocenters. The van der Waals surface area contributed by atoms with Crippen LogP contribution in [0.1, 0.15) is 69.2 Å². The second-order valence-corrected chi connectivity index (χ2v) is 10.2. The van der Waals surface area contributed by atoms with E-state index in [1.54, 1.807) is 7.11 Å². The summed E-state index contributed by atoms with van der Waals surface area (Å²) in [5.41, 5.74) is 2.60. The van der Waals surface area contributed by atoms with Crippen LogP contribution in [-0.4, -0.2) is 74.2 Å². The monoisotopic (exact) mass is 427 g/mol. The number of carbonyl (C=O) groups is 1. The Hall–Kier alpha value is -1.59. The van der Waals surface area contributed by atoms with Crippen LogP contribution in [0, 0.1) is 5.41 Å². The van der Waals surface area contributed by atoms with Crippen LogP contribution in [0.3, 0.4) is 0 Å². The van der Waals surface area contributed by atoms with Gasteiger partial charge in [-0.25, -0.2) is 0 Å². The first-order valence-electron chi connectivity index (χ1n) is 12.4. The third-order valence-corrected chi connectivity index (χ3v) is 8.17. The van der Waals surface area contributed by atoms with Gasteiger partial charge in [0.05, 0.1) is 6.61 Å². The van der Waals surface area contributed by atoms with E-state index in [1.165, 1.54) is 63.7 Å². The number of amides is 1. The normalized spacial score (nSPS) is 22.0. The molecular weight excluding hydrogens is 386 g/mol. The summed E-state index contributed by atoms with van der Waals surface area (Å²) in [6, 6.07) is 9.34. The molecule has 4 rings (SSSR count). The zero-order chi connectivity index (χ0) is 21.8. The predicted molar refractivity (Wildman–Crippen MR) is 127 cm³/mol. The van der Waals surface area contributed by atoms with Crippen molar-refractivity contribution in [2.75, 3.05) is 51.3 Å². The quantitative estimate of drug-likeness (QED) is 0.645. The lowest BCUT2D eigenvalue weighted by Crippen LogP contribution is -2.50. The number of likely N-dealkylation sites (tertiary alicyclic amines) is 1. The SMILES string of the molecule is COCCN(C(=O)c1ccc(N2CCC3(CC2)CCN(C2CCC2)CC3)cc1)C(C)C. The number of methoxy groups -OCH3 is 1. The number of benzene rings is 1. The second kappa shape index (κ2) is 9.91. The fourth-order valence-corrected chi connectivity index (χ4v) is 5.62. The highest BCUT2D eigenvalue weighted by Crippen LogP contribution is 2.43. The number of piperidine rings is 2. The molecule has 2 aliphatic heterocycles. The van der Waals surface area contributed by atoms with Gasteiger partial charge >= 0.3 is 0 Å². The number of carbonyl (C=O) groups excluding carboxylic acids is 1. The molecule has 1 aromatic carbocycles. The minimum absolute atomic E-state index is 0.0921. The Bertz CT molecular complexity index is 711. The van der Waals surface area contributed by atoms with Gasteiger partial charge in [-0.3, -0.25) is 4.79 Å². The van der Waals surface area contributed by atoms with Gasteiger partial charge in [0.15, 0.2) is 0 Å². The Kier molecular flexibility index (Phi) is 7.22. The van der Waals surface area contributed by atoms with E-state index >= 15 is 0 Å². The largest absolute Gasteiger partial charge is 0.383 e. The Balaban J connectivity index is 1.30. The van der Waals surface area contributed by atoms with Crippen molar-refractivity contribution in [3.8, 4) is 0 Å². The third kappa shape index (κ3) is 5.09. The molecule has 5 nitrogen and oxygen atoms in total. The fourth-order valence-electron chi connectivity index (χ4n) is 5.62. The van der Waals surface area contributed by atoms with Crippen molar-refractivity contribution in [2.45, 2.75) is 70.9 Å². The Morgan fingerprint density at radius 2 is 1.68 bits per heavy atom. The molecule has 0 aromatic heterocycles. The molecule has 0 bridgehead atoms. The van der Waals surface area contributed by atoms with Crippen LogP contribution in [0.4, 0.5) is 5.69 Å². The first-order chi connectivity index (χ1) is 15.0. The molecule has 31 heavy (non-hydrogen) atoms. The van der Waals surface area contributed by atoms with E-state index in [1.807, 2.05) is 17.0 Å². The minimum Gasteiger partial charge on any atom is -0.383 e. The zero-order valence-corrected chi connectivity index (χ0v) is 19.8. The smallest absolute Gasteiger partial charge is 0.254 e. The van der Waals surface area contributed by atoms with Gasteiger partial charge in [0.1, 0.15) is 0 Å². The van der Waals surface area contributed by atoms with Gasteiger partial charge in [0, 0.05) is 50.1 Å². The van der Waals surface area contributed by atoms with Crippen LogP contribution in [0.5, 0.6) is 0 Å². The number of hydrogen-bond acceptors (Lipinski definition) is 4. The average molecular weight is 428 g/mol. The highest BCUT2D eigenvalue weighted by molar-refractivity contribution is 5.94. The van der Waals surface area contributed by atoms with Gasteiger partial charge in [-0.1, -0.05) is 6.42 Å². The summed E-state index contributed by atoms with van der Waals surface area (Å²) in [6.45, 7) is 10.2. The highest BCUT2D eigenvalue weighted by Gasteiger charge is 2.39. The molecule has 1 aliphatic carbocycles. The molecule has 5 heteroatoms. The van der Waals surface area contributed by atoms with Crippen molar-refractivity contribution < 1.29 is 9.53 Å². The van der Waals surface area contributed by atoms with E-state index in [0.717, 1.165) is 24.7 Å². The molecule has 0 atom stereocenters. The van der Waals surface area contributed by atoms with Crippen molar-refractivity contribution in [1.82, 2.24) is 9.80 Å². The maximum absolute atomic E-state index is 12.9. The molecule has 1 saturated carbocycles. The summed E-state index contributed by atoms with van der Waals surface area (Å²) < 4.78 is 5.18. The summed E-state index contributed by atoms with van der Waals surface area (Å²) in [5, 5.41) is 0. The van der Waals surface area contributed by atoms with Crippen LogP contribution in [0.25, 0.3) is 0 Å². The molecule has 1 spiro atoms. The Morgan fingerprint density at radius 1 is 1.06 bits per heavy atom. The number of anilines is 1. The fraction of sp³-hybridized carbons (Fsp3) is 0.731. The maximum Gasteiger partial charge on any atom is 0.254 e. The summed E-state index contributed by atoms with van der Waals surface area (Å²) >= 11 is 0. The van der Waals surface area contributed by atoms with Crippen molar-refractivity contribution in [2.24, 2.45) is 5.41 Å². The summed E-state index contributed by atoms with van der Waals surface area (Å²) in [5.74, 6) is 0.0921. The van der Waals surface area contributed by atoms with E-state index in [9.17, 15) is 4.79 Å². The lowest BCUT2D eigenvalue weighted by atomic mass is 9.70. The topological polar surface area (TPSA) is 36.0 Å². The van der Waals surface area contributed by atoms with Gasteiger partial charge in [-0.05, 0) is 95.1 Å². The van der Waals surface area contributed by atoms with Crippen molar-refractivity contribution in [3.05, 3.63) is 29.8 Å². The average Bonchev–Trinajstić information content (AvgIpc) is 2.75. The summed E-state index contributed by atoms with van der Waals surface area (Å²) in [6.07, 6.45) is 9.69. The molecule has 3 fully saturated rings. The van der Waals surface area contributed by atoms with E-state index in [0.29, 0.717) is 18.6 Å². The van der Waals surface area contributed by atoms with Crippen LogP contribution >= 0.6 is 0 Å². The molecule has 0 N–H and O–H groups in total. The van der Waals surface area contributed by atoms with Gasteiger partial charge < -0.3 is 19.4 Å². The first kappa shape index (κ1) is 22.6. The van der Waals surface area contributed by atoms with Gasteiger partial charge in [-0.15, -0.1) is 0 Å². The summed E-state index contributed by atoms with van der Waals surface area (Å²) in [7, 11) is 1.68. The number of hydrogen-bond donors (Lipinski definition) is 0.